The predicted octanol–water partition coefficient (Wildman–Crippen LogP) is 1.84. The van der Waals surface area contributed by atoms with Crippen LogP contribution in [-0.2, 0) is 4.79 Å². The molecule has 0 heterocycles. The lowest BCUT2D eigenvalue weighted by atomic mass is 10.0. The molecule has 0 bridgehead atoms. The zero-order valence-electron chi connectivity index (χ0n) is 10.5. The van der Waals surface area contributed by atoms with E-state index >= 15 is 0 Å². The van der Waals surface area contributed by atoms with Crippen molar-refractivity contribution >= 4 is 5.78 Å². The van der Waals surface area contributed by atoms with Crippen LogP contribution in [0.5, 0.6) is 0 Å². The average Bonchev–Trinajstić information content (AvgIpc) is 2.67. The summed E-state index contributed by atoms with van der Waals surface area (Å²) in [6.45, 7) is 2.43. The van der Waals surface area contributed by atoms with Gasteiger partial charge in [-0.05, 0) is 58.7 Å². The van der Waals surface area contributed by atoms with Crippen molar-refractivity contribution in [2.24, 2.45) is 5.92 Å². The molecule has 0 aliphatic heterocycles. The smallest absolute Gasteiger partial charge is 0.136 e. The van der Waals surface area contributed by atoms with Crippen LogP contribution in [0.4, 0.5) is 0 Å². The van der Waals surface area contributed by atoms with Gasteiger partial charge in [0.15, 0.2) is 0 Å². The third kappa shape index (κ3) is 5.08. The molecular weight excluding hydrogens is 202 g/mol. The summed E-state index contributed by atoms with van der Waals surface area (Å²) in [7, 11) is 2.12. The van der Waals surface area contributed by atoms with E-state index in [4.69, 9.17) is 5.11 Å². The average molecular weight is 227 g/mol. The Balaban J connectivity index is 2.01. The van der Waals surface area contributed by atoms with Crippen LogP contribution in [0.25, 0.3) is 0 Å². The molecule has 0 aromatic heterocycles. The van der Waals surface area contributed by atoms with E-state index in [9.17, 15) is 4.79 Å². The highest BCUT2D eigenvalue weighted by Crippen LogP contribution is 2.24. The summed E-state index contributed by atoms with van der Waals surface area (Å²) in [4.78, 5) is 13.7. The molecule has 1 unspecified atom stereocenters. The number of aliphatic hydroxyl groups is 1. The van der Waals surface area contributed by atoms with Gasteiger partial charge >= 0.3 is 0 Å². The van der Waals surface area contributed by atoms with E-state index in [1.807, 2.05) is 0 Å². The molecule has 3 nitrogen and oxygen atoms in total. The molecule has 94 valence electrons. The van der Waals surface area contributed by atoms with Gasteiger partial charge in [0, 0.05) is 18.9 Å². The van der Waals surface area contributed by atoms with Crippen LogP contribution in [0.1, 0.15) is 44.9 Å². The Labute approximate surface area is 98.8 Å². The normalized spacial score (nSPS) is 20.9. The molecular formula is C13H25NO2. The summed E-state index contributed by atoms with van der Waals surface area (Å²) in [5.41, 5.74) is 0. The summed E-state index contributed by atoms with van der Waals surface area (Å²) in [6.07, 6.45) is 7.22. The summed E-state index contributed by atoms with van der Waals surface area (Å²) in [5, 5.41) is 8.66. The number of hydrogen-bond acceptors (Lipinski definition) is 3. The maximum atomic E-state index is 11.4. The Morgan fingerprint density at radius 3 is 2.75 bits per heavy atom. The molecule has 0 aromatic rings. The lowest BCUT2D eigenvalue weighted by Gasteiger charge is -2.18. The van der Waals surface area contributed by atoms with Crippen molar-refractivity contribution in [1.29, 1.82) is 0 Å². The van der Waals surface area contributed by atoms with Crippen LogP contribution in [-0.4, -0.2) is 42.5 Å². The number of carbonyl (C=O) groups excluding carboxylic acids is 1. The minimum absolute atomic E-state index is 0.306. The Hall–Kier alpha value is -0.410. The summed E-state index contributed by atoms with van der Waals surface area (Å²) >= 11 is 0. The minimum atomic E-state index is 0.306. The van der Waals surface area contributed by atoms with E-state index in [2.05, 4.69) is 11.9 Å². The third-order valence-electron chi connectivity index (χ3n) is 3.49. The fourth-order valence-corrected chi connectivity index (χ4v) is 2.35. The van der Waals surface area contributed by atoms with Gasteiger partial charge in [-0.1, -0.05) is 0 Å². The highest BCUT2D eigenvalue weighted by atomic mass is 16.2. The van der Waals surface area contributed by atoms with E-state index in [1.54, 1.807) is 0 Å². The predicted molar refractivity (Wildman–Crippen MR) is 65.4 cm³/mol. The number of nitrogens with zero attached hydrogens (tertiary/aromatic N) is 1. The van der Waals surface area contributed by atoms with Crippen molar-refractivity contribution in [3.63, 3.8) is 0 Å². The number of ketones is 1. The number of unbranched alkanes of at least 4 members (excludes halogenated alkanes) is 2. The zero-order chi connectivity index (χ0) is 11.8. The Morgan fingerprint density at radius 1 is 1.31 bits per heavy atom. The van der Waals surface area contributed by atoms with Gasteiger partial charge in [-0.2, -0.15) is 0 Å². The van der Waals surface area contributed by atoms with Crippen LogP contribution < -0.4 is 0 Å². The lowest BCUT2D eigenvalue weighted by Crippen LogP contribution is -2.24. The van der Waals surface area contributed by atoms with E-state index < -0.39 is 0 Å². The molecule has 3 heteroatoms. The first-order chi connectivity index (χ1) is 7.74. The second-order valence-corrected chi connectivity index (χ2v) is 4.93. The third-order valence-corrected chi connectivity index (χ3v) is 3.49. The highest BCUT2D eigenvalue weighted by Gasteiger charge is 2.23. The second kappa shape index (κ2) is 7.80. The van der Waals surface area contributed by atoms with E-state index in [1.165, 1.54) is 0 Å². The fraction of sp³-hybridized carbons (Fsp3) is 0.923. The lowest BCUT2D eigenvalue weighted by molar-refractivity contribution is -0.120. The molecule has 1 aliphatic carbocycles. The van der Waals surface area contributed by atoms with Crippen molar-refractivity contribution in [1.82, 2.24) is 4.90 Å². The summed E-state index contributed by atoms with van der Waals surface area (Å²) < 4.78 is 0. The molecule has 0 radical (unpaired) electrons. The number of aliphatic hydroxyl groups excluding tert-OH is 1. The van der Waals surface area contributed by atoms with E-state index in [-0.39, 0.29) is 0 Å². The molecule has 0 amide bonds. The Bertz CT molecular complexity index is 206. The van der Waals surface area contributed by atoms with Crippen molar-refractivity contribution < 1.29 is 9.90 Å². The van der Waals surface area contributed by atoms with Gasteiger partial charge < -0.3 is 10.0 Å². The van der Waals surface area contributed by atoms with Gasteiger partial charge in [-0.3, -0.25) is 4.79 Å². The number of rotatable bonds is 8. The molecule has 1 saturated carbocycles. The number of carbonyl (C=O) groups is 1. The number of Topliss-reactive ketones (excluding diaryl/α,β-unsaturated/α-hetero) is 1. The van der Waals surface area contributed by atoms with Crippen LogP contribution >= 0.6 is 0 Å². The SMILES string of the molecule is CN(CCCCCO)CCC1CCCC1=O. The van der Waals surface area contributed by atoms with E-state index in [0.29, 0.717) is 18.3 Å². The standard InChI is InChI=1S/C13H25NO2/c1-14(9-3-2-4-11-15)10-8-12-6-5-7-13(12)16/h12,15H,2-11H2,1H3. The molecule has 1 aliphatic rings. The molecule has 16 heavy (non-hydrogen) atoms. The van der Waals surface area contributed by atoms with Gasteiger partial charge in [0.05, 0.1) is 0 Å². The van der Waals surface area contributed by atoms with E-state index in [0.717, 1.165) is 58.0 Å². The van der Waals surface area contributed by atoms with Gasteiger partial charge in [0.2, 0.25) is 0 Å². The molecule has 0 saturated heterocycles. The van der Waals surface area contributed by atoms with Crippen LogP contribution in [0.3, 0.4) is 0 Å². The molecule has 1 rings (SSSR count). The first-order valence-electron chi connectivity index (χ1n) is 6.56. The van der Waals surface area contributed by atoms with Gasteiger partial charge in [-0.25, -0.2) is 0 Å². The zero-order valence-corrected chi connectivity index (χ0v) is 10.5. The van der Waals surface area contributed by atoms with Crippen molar-refractivity contribution in [3.05, 3.63) is 0 Å². The van der Waals surface area contributed by atoms with Crippen LogP contribution in [0.15, 0.2) is 0 Å². The highest BCUT2D eigenvalue weighted by molar-refractivity contribution is 5.82. The largest absolute Gasteiger partial charge is 0.396 e. The molecule has 0 spiro atoms. The molecule has 1 N–H and O–H groups in total. The quantitative estimate of drug-likeness (QED) is 0.643. The maximum Gasteiger partial charge on any atom is 0.136 e. The first kappa shape index (κ1) is 13.7. The monoisotopic (exact) mass is 227 g/mol. The second-order valence-electron chi connectivity index (χ2n) is 4.93. The van der Waals surface area contributed by atoms with Crippen LogP contribution in [0, 0.1) is 5.92 Å². The van der Waals surface area contributed by atoms with Gasteiger partial charge in [-0.15, -0.1) is 0 Å². The molecule has 1 fully saturated rings. The fourth-order valence-electron chi connectivity index (χ4n) is 2.35. The first-order valence-corrected chi connectivity index (χ1v) is 6.56. The molecule has 1 atom stereocenters. The topological polar surface area (TPSA) is 40.5 Å². The Morgan fingerprint density at radius 2 is 2.12 bits per heavy atom. The molecule has 0 aromatic carbocycles. The van der Waals surface area contributed by atoms with Crippen molar-refractivity contribution in [2.75, 3.05) is 26.7 Å². The minimum Gasteiger partial charge on any atom is -0.396 e. The van der Waals surface area contributed by atoms with Gasteiger partial charge in [0.25, 0.3) is 0 Å². The van der Waals surface area contributed by atoms with Crippen LogP contribution in [0.2, 0.25) is 0 Å². The van der Waals surface area contributed by atoms with Gasteiger partial charge in [0.1, 0.15) is 5.78 Å². The summed E-state index contributed by atoms with van der Waals surface area (Å²) in [5.74, 6) is 0.827. The maximum absolute atomic E-state index is 11.4. The summed E-state index contributed by atoms with van der Waals surface area (Å²) in [6, 6.07) is 0. The Kier molecular flexibility index (Phi) is 6.65. The van der Waals surface area contributed by atoms with Crippen molar-refractivity contribution in [3.8, 4) is 0 Å². The number of hydrogen-bond donors (Lipinski definition) is 1. The van der Waals surface area contributed by atoms with Crippen molar-refractivity contribution in [2.45, 2.75) is 44.9 Å².